The van der Waals surface area contributed by atoms with Gasteiger partial charge >= 0.3 is 0 Å². The predicted molar refractivity (Wildman–Crippen MR) is 111 cm³/mol. The lowest BCUT2D eigenvalue weighted by Gasteiger charge is -2.15. The molecule has 0 aliphatic heterocycles. The van der Waals surface area contributed by atoms with Gasteiger partial charge in [0.05, 0.1) is 17.2 Å². The number of nitrogens with zero attached hydrogens (tertiary/aromatic N) is 4. The van der Waals surface area contributed by atoms with Crippen LogP contribution in [0.4, 0.5) is 0 Å². The van der Waals surface area contributed by atoms with Gasteiger partial charge in [-0.15, -0.1) is 11.3 Å². The fraction of sp³-hybridized carbons (Fsp3) is 0.158. The zero-order valence-electron chi connectivity index (χ0n) is 15.1. The van der Waals surface area contributed by atoms with Gasteiger partial charge in [-0.2, -0.15) is 5.10 Å². The van der Waals surface area contributed by atoms with Crippen LogP contribution in [0.15, 0.2) is 60.5 Å². The van der Waals surface area contributed by atoms with E-state index >= 15 is 0 Å². The molecule has 1 amide bonds. The van der Waals surface area contributed by atoms with E-state index in [0.29, 0.717) is 10.6 Å². The number of hydrogen-bond acceptors (Lipinski definition) is 5. The number of nitrogens with one attached hydrogen (secondary N) is 2. The van der Waals surface area contributed by atoms with Gasteiger partial charge in [0.15, 0.2) is 10.6 Å². The predicted octanol–water partition coefficient (Wildman–Crippen LogP) is 3.73. The number of hydrogen-bond donors (Lipinski definition) is 2. The molecule has 0 spiro atoms. The van der Waals surface area contributed by atoms with Gasteiger partial charge in [0.1, 0.15) is 6.54 Å². The van der Waals surface area contributed by atoms with Gasteiger partial charge in [-0.3, -0.25) is 14.5 Å². The van der Waals surface area contributed by atoms with Gasteiger partial charge in [-0.25, -0.2) is 4.98 Å². The van der Waals surface area contributed by atoms with Crippen LogP contribution in [0, 0.1) is 4.77 Å². The Kier molecular flexibility index (Phi) is 5.18. The Bertz CT molecular complexity index is 1110. The van der Waals surface area contributed by atoms with E-state index in [-0.39, 0.29) is 18.5 Å². The SMILES string of the molecule is CC(NC(=O)Cn1c(-c2cccs2)n[nH]c1=S)c1ccc(-n2ccnc2)cc1. The Labute approximate surface area is 170 Å². The summed E-state index contributed by atoms with van der Waals surface area (Å²) in [5, 5.41) is 12.0. The van der Waals surface area contributed by atoms with E-state index < -0.39 is 0 Å². The Hall–Kier alpha value is -3.04. The molecule has 4 aromatic rings. The molecule has 0 saturated heterocycles. The molecule has 9 heteroatoms. The van der Waals surface area contributed by atoms with E-state index in [1.807, 2.05) is 59.5 Å². The van der Waals surface area contributed by atoms with Crippen LogP contribution in [-0.2, 0) is 11.3 Å². The molecule has 0 saturated carbocycles. The molecule has 1 aromatic carbocycles. The summed E-state index contributed by atoms with van der Waals surface area (Å²) < 4.78 is 4.07. The van der Waals surface area contributed by atoms with Crippen LogP contribution < -0.4 is 5.32 Å². The van der Waals surface area contributed by atoms with Crippen LogP contribution in [0.5, 0.6) is 0 Å². The average Bonchev–Trinajstić information content (AvgIpc) is 3.45. The Morgan fingerprint density at radius 2 is 2.14 bits per heavy atom. The molecule has 4 rings (SSSR count). The number of aromatic nitrogens is 5. The summed E-state index contributed by atoms with van der Waals surface area (Å²) in [6.45, 7) is 2.07. The van der Waals surface area contributed by atoms with Crippen molar-refractivity contribution in [3.05, 3.63) is 70.8 Å². The molecule has 3 heterocycles. The van der Waals surface area contributed by atoms with Gasteiger partial charge in [-0.1, -0.05) is 18.2 Å². The minimum absolute atomic E-state index is 0.111. The smallest absolute Gasteiger partial charge is 0.240 e. The minimum Gasteiger partial charge on any atom is -0.348 e. The molecule has 7 nitrogen and oxygen atoms in total. The largest absolute Gasteiger partial charge is 0.348 e. The molecule has 0 aliphatic rings. The third-order valence-electron chi connectivity index (χ3n) is 4.37. The average molecular weight is 411 g/mol. The fourth-order valence-corrected chi connectivity index (χ4v) is 3.84. The maximum Gasteiger partial charge on any atom is 0.240 e. The lowest BCUT2D eigenvalue weighted by Crippen LogP contribution is -2.30. The summed E-state index contributed by atoms with van der Waals surface area (Å²) in [6.07, 6.45) is 5.38. The van der Waals surface area contributed by atoms with Crippen LogP contribution in [0.25, 0.3) is 16.4 Å². The second-order valence-electron chi connectivity index (χ2n) is 6.27. The zero-order chi connectivity index (χ0) is 19.5. The van der Waals surface area contributed by atoms with Crippen molar-refractivity contribution < 1.29 is 4.79 Å². The molecule has 142 valence electrons. The quantitative estimate of drug-likeness (QED) is 0.475. The normalized spacial score (nSPS) is 12.0. The highest BCUT2D eigenvalue weighted by atomic mass is 32.1. The van der Waals surface area contributed by atoms with E-state index in [9.17, 15) is 4.79 Å². The van der Waals surface area contributed by atoms with Crippen LogP contribution in [0.2, 0.25) is 0 Å². The standard InChI is InChI=1S/C19H18N6OS2/c1-13(14-4-6-15(7-5-14)24-9-8-20-12-24)21-17(26)11-25-18(22-23-19(25)27)16-3-2-10-28-16/h2-10,12-13H,11H2,1H3,(H,21,26)(H,23,27). The molecular weight excluding hydrogens is 392 g/mol. The number of imidazole rings is 1. The van der Waals surface area contributed by atoms with E-state index in [2.05, 4.69) is 20.5 Å². The summed E-state index contributed by atoms with van der Waals surface area (Å²) in [6, 6.07) is 11.8. The Morgan fingerprint density at radius 3 is 2.82 bits per heavy atom. The van der Waals surface area contributed by atoms with Crippen LogP contribution in [0.3, 0.4) is 0 Å². The van der Waals surface area contributed by atoms with Crippen molar-refractivity contribution in [2.24, 2.45) is 0 Å². The second kappa shape index (κ2) is 7.91. The lowest BCUT2D eigenvalue weighted by atomic mass is 10.1. The molecule has 1 unspecified atom stereocenters. The molecule has 0 aliphatic carbocycles. The number of amides is 1. The first-order valence-electron chi connectivity index (χ1n) is 8.68. The first-order chi connectivity index (χ1) is 13.6. The molecular formula is C19H18N6OS2. The number of aromatic amines is 1. The first-order valence-corrected chi connectivity index (χ1v) is 9.97. The number of thiophene rings is 1. The van der Waals surface area contributed by atoms with Gasteiger partial charge in [0.25, 0.3) is 0 Å². The van der Waals surface area contributed by atoms with Gasteiger partial charge in [0.2, 0.25) is 5.91 Å². The van der Waals surface area contributed by atoms with Crippen molar-refractivity contribution in [2.75, 3.05) is 0 Å². The monoisotopic (exact) mass is 410 g/mol. The van der Waals surface area contributed by atoms with Crippen LogP contribution in [0.1, 0.15) is 18.5 Å². The summed E-state index contributed by atoms with van der Waals surface area (Å²) in [5.41, 5.74) is 2.04. The van der Waals surface area contributed by atoms with Crippen LogP contribution >= 0.6 is 23.6 Å². The molecule has 1 atom stereocenters. The molecule has 0 radical (unpaired) electrons. The molecule has 28 heavy (non-hydrogen) atoms. The van der Waals surface area contributed by atoms with E-state index in [1.54, 1.807) is 28.4 Å². The van der Waals surface area contributed by atoms with Crippen molar-refractivity contribution in [2.45, 2.75) is 19.5 Å². The second-order valence-corrected chi connectivity index (χ2v) is 7.60. The Balaban J connectivity index is 1.44. The van der Waals surface area contributed by atoms with Crippen LogP contribution in [-0.4, -0.2) is 30.2 Å². The topological polar surface area (TPSA) is 80.5 Å². The third-order valence-corrected chi connectivity index (χ3v) is 5.55. The summed E-state index contributed by atoms with van der Waals surface area (Å²) >= 11 is 6.84. The van der Waals surface area contributed by atoms with Crippen molar-refractivity contribution in [1.29, 1.82) is 0 Å². The Morgan fingerprint density at radius 1 is 1.32 bits per heavy atom. The highest BCUT2D eigenvalue weighted by molar-refractivity contribution is 7.71. The highest BCUT2D eigenvalue weighted by Gasteiger charge is 2.15. The van der Waals surface area contributed by atoms with E-state index in [4.69, 9.17) is 12.2 Å². The number of H-pyrrole nitrogens is 1. The maximum atomic E-state index is 12.6. The number of rotatable bonds is 6. The fourth-order valence-electron chi connectivity index (χ4n) is 2.92. The maximum absolute atomic E-state index is 12.6. The van der Waals surface area contributed by atoms with Crippen molar-refractivity contribution in [1.82, 2.24) is 29.6 Å². The molecule has 0 bridgehead atoms. The highest BCUT2D eigenvalue weighted by Crippen LogP contribution is 2.23. The summed E-state index contributed by atoms with van der Waals surface area (Å²) in [5.74, 6) is 0.550. The first kappa shape index (κ1) is 18.3. The van der Waals surface area contributed by atoms with Gasteiger partial charge in [0, 0.05) is 18.1 Å². The zero-order valence-corrected chi connectivity index (χ0v) is 16.7. The molecule has 3 aromatic heterocycles. The van der Waals surface area contributed by atoms with Crippen molar-refractivity contribution >= 4 is 29.5 Å². The third kappa shape index (κ3) is 3.80. The van der Waals surface area contributed by atoms with E-state index in [1.165, 1.54) is 0 Å². The number of carbonyl (C=O) groups is 1. The van der Waals surface area contributed by atoms with Gasteiger partial charge in [-0.05, 0) is 48.3 Å². The summed E-state index contributed by atoms with van der Waals surface area (Å²) in [7, 11) is 0. The van der Waals surface area contributed by atoms with Gasteiger partial charge < -0.3 is 9.88 Å². The summed E-state index contributed by atoms with van der Waals surface area (Å²) in [4.78, 5) is 17.6. The molecule has 2 N–H and O–H groups in total. The number of benzene rings is 1. The molecule has 0 fully saturated rings. The number of carbonyl (C=O) groups excluding carboxylic acids is 1. The van der Waals surface area contributed by atoms with Crippen molar-refractivity contribution in [3.8, 4) is 16.4 Å². The van der Waals surface area contributed by atoms with Crippen molar-refractivity contribution in [3.63, 3.8) is 0 Å². The van der Waals surface area contributed by atoms with E-state index in [0.717, 1.165) is 16.1 Å². The minimum atomic E-state index is -0.129. The lowest BCUT2D eigenvalue weighted by molar-refractivity contribution is -0.122.